The molecule has 1 N–H and O–H groups in total. The molecule has 1 aliphatic carbocycles. The summed E-state index contributed by atoms with van der Waals surface area (Å²) in [7, 11) is 0. The number of carbonyl (C=O) groups is 2. The molecule has 0 bridgehead atoms. The molecule has 1 atom stereocenters. The van der Waals surface area contributed by atoms with Crippen molar-refractivity contribution in [1.82, 2.24) is 0 Å². The van der Waals surface area contributed by atoms with E-state index in [1.54, 1.807) is 0 Å². The zero-order chi connectivity index (χ0) is 18.7. The summed E-state index contributed by atoms with van der Waals surface area (Å²) in [5, 5.41) is 2.22. The number of anilines is 1. The van der Waals surface area contributed by atoms with Gasteiger partial charge in [-0.25, -0.2) is 8.78 Å². The lowest BCUT2D eigenvalue weighted by Crippen LogP contribution is -2.30. The maximum absolute atomic E-state index is 13.6. The van der Waals surface area contributed by atoms with Crippen molar-refractivity contribution in [1.29, 1.82) is 0 Å². The molecule has 1 aliphatic rings. The van der Waals surface area contributed by atoms with E-state index in [9.17, 15) is 18.4 Å². The first-order valence-corrected chi connectivity index (χ1v) is 8.48. The summed E-state index contributed by atoms with van der Waals surface area (Å²) < 4.78 is 31.8. The number of benzene rings is 2. The van der Waals surface area contributed by atoms with Gasteiger partial charge in [0.25, 0.3) is 5.91 Å². The second kappa shape index (κ2) is 7.64. The predicted octanol–water partition coefficient (Wildman–Crippen LogP) is 3.57. The Hall–Kier alpha value is -2.76. The van der Waals surface area contributed by atoms with Gasteiger partial charge >= 0.3 is 5.97 Å². The molecule has 0 aliphatic heterocycles. The van der Waals surface area contributed by atoms with E-state index >= 15 is 0 Å². The molecule has 6 heteroatoms. The zero-order valence-electron chi connectivity index (χ0n) is 14.4. The molecule has 0 radical (unpaired) electrons. The highest BCUT2D eigenvalue weighted by atomic mass is 19.1. The third-order valence-electron chi connectivity index (χ3n) is 4.38. The van der Waals surface area contributed by atoms with Gasteiger partial charge in [0, 0.05) is 6.07 Å². The number of hydrogen-bond donors (Lipinski definition) is 1. The van der Waals surface area contributed by atoms with Crippen LogP contribution in [0.2, 0.25) is 0 Å². The molecular formula is C20H19F2NO3. The molecule has 2 aromatic rings. The van der Waals surface area contributed by atoms with Crippen molar-refractivity contribution in [3.05, 3.63) is 64.7 Å². The summed E-state index contributed by atoms with van der Waals surface area (Å²) in [5.74, 6) is -2.72. The Kier molecular flexibility index (Phi) is 5.30. The summed E-state index contributed by atoms with van der Waals surface area (Å²) >= 11 is 0. The van der Waals surface area contributed by atoms with Crippen molar-refractivity contribution in [2.45, 2.75) is 38.7 Å². The highest BCUT2D eigenvalue weighted by Crippen LogP contribution is 2.23. The van der Waals surface area contributed by atoms with Crippen LogP contribution in [0.5, 0.6) is 0 Å². The van der Waals surface area contributed by atoms with Gasteiger partial charge in [0.1, 0.15) is 11.6 Å². The van der Waals surface area contributed by atoms with Gasteiger partial charge in [-0.05, 0) is 55.0 Å². The molecule has 3 rings (SSSR count). The topological polar surface area (TPSA) is 55.4 Å². The lowest BCUT2D eigenvalue weighted by Gasteiger charge is -2.14. The first-order valence-electron chi connectivity index (χ1n) is 8.48. The molecule has 0 aromatic heterocycles. The van der Waals surface area contributed by atoms with Gasteiger partial charge < -0.3 is 10.1 Å². The van der Waals surface area contributed by atoms with Crippen LogP contribution in [0.1, 0.15) is 30.0 Å². The fourth-order valence-corrected chi connectivity index (χ4v) is 3.02. The maximum Gasteiger partial charge on any atom is 0.311 e. The van der Waals surface area contributed by atoms with Crippen molar-refractivity contribution in [3.63, 3.8) is 0 Å². The minimum absolute atomic E-state index is 0.0548. The van der Waals surface area contributed by atoms with E-state index in [-0.39, 0.29) is 12.1 Å². The van der Waals surface area contributed by atoms with Crippen LogP contribution in [0, 0.1) is 11.6 Å². The number of rotatable bonds is 5. The Bertz CT molecular complexity index is 851. The minimum Gasteiger partial charge on any atom is -0.452 e. The Labute approximate surface area is 150 Å². The van der Waals surface area contributed by atoms with Gasteiger partial charge in [-0.1, -0.05) is 18.2 Å². The van der Waals surface area contributed by atoms with Crippen LogP contribution in [0.3, 0.4) is 0 Å². The number of hydrogen-bond acceptors (Lipinski definition) is 3. The Morgan fingerprint density at radius 2 is 1.88 bits per heavy atom. The number of carbonyl (C=O) groups excluding carboxylic acids is 2. The molecule has 4 nitrogen and oxygen atoms in total. The number of fused-ring (bicyclic) bond motifs is 1. The molecule has 136 valence electrons. The van der Waals surface area contributed by atoms with Crippen LogP contribution >= 0.6 is 0 Å². The summed E-state index contributed by atoms with van der Waals surface area (Å²) in [6, 6.07) is 8.63. The second-order valence-corrected chi connectivity index (χ2v) is 6.38. The van der Waals surface area contributed by atoms with E-state index in [0.29, 0.717) is 0 Å². The van der Waals surface area contributed by atoms with E-state index in [1.807, 2.05) is 18.2 Å². The van der Waals surface area contributed by atoms with E-state index < -0.39 is 29.6 Å². The first-order chi connectivity index (χ1) is 12.4. The van der Waals surface area contributed by atoms with Crippen molar-refractivity contribution in [3.8, 4) is 0 Å². The third kappa shape index (κ3) is 4.25. The van der Waals surface area contributed by atoms with E-state index in [4.69, 9.17) is 4.74 Å². The molecule has 0 heterocycles. The Balaban J connectivity index is 1.56. The highest BCUT2D eigenvalue weighted by molar-refractivity contribution is 5.95. The standard InChI is InChI=1S/C20H19F2NO3/c1-12(20(25)23-18-11-16(21)7-8-17(18)22)26-19(24)10-13-5-6-14-3-2-4-15(14)9-13/h5-9,11-12H,2-4,10H2,1H3,(H,23,25)/t12-/m1/s1. The van der Waals surface area contributed by atoms with Crippen LogP contribution in [0.25, 0.3) is 0 Å². The summed E-state index contributed by atoms with van der Waals surface area (Å²) in [6.07, 6.45) is 2.13. The minimum atomic E-state index is -1.13. The molecular weight excluding hydrogens is 340 g/mol. The Morgan fingerprint density at radius 3 is 2.69 bits per heavy atom. The number of aryl methyl sites for hydroxylation is 2. The van der Waals surface area contributed by atoms with Gasteiger partial charge in [-0.2, -0.15) is 0 Å². The maximum atomic E-state index is 13.6. The summed E-state index contributed by atoms with van der Waals surface area (Å²) in [5.41, 5.74) is 3.10. The fraction of sp³-hybridized carbons (Fsp3) is 0.300. The van der Waals surface area contributed by atoms with Crippen LogP contribution in [0.15, 0.2) is 36.4 Å². The van der Waals surface area contributed by atoms with Gasteiger partial charge in [-0.15, -0.1) is 0 Å². The number of nitrogens with one attached hydrogen (secondary N) is 1. The van der Waals surface area contributed by atoms with Gasteiger partial charge in [0.2, 0.25) is 0 Å². The van der Waals surface area contributed by atoms with Gasteiger partial charge in [0.05, 0.1) is 12.1 Å². The number of amides is 1. The van der Waals surface area contributed by atoms with Gasteiger partial charge in [-0.3, -0.25) is 9.59 Å². The molecule has 0 saturated carbocycles. The van der Waals surface area contributed by atoms with Crippen molar-refractivity contribution in [2.75, 3.05) is 5.32 Å². The normalized spacial score (nSPS) is 13.8. The van der Waals surface area contributed by atoms with Crippen LogP contribution in [-0.2, 0) is 33.6 Å². The van der Waals surface area contributed by atoms with Crippen LogP contribution in [-0.4, -0.2) is 18.0 Å². The quantitative estimate of drug-likeness (QED) is 0.831. The predicted molar refractivity (Wildman–Crippen MR) is 92.7 cm³/mol. The monoisotopic (exact) mass is 359 g/mol. The highest BCUT2D eigenvalue weighted by Gasteiger charge is 2.20. The third-order valence-corrected chi connectivity index (χ3v) is 4.38. The number of ether oxygens (including phenoxy) is 1. The van der Waals surface area contributed by atoms with Crippen molar-refractivity contribution in [2.24, 2.45) is 0 Å². The average Bonchev–Trinajstić information content (AvgIpc) is 3.05. The zero-order valence-corrected chi connectivity index (χ0v) is 14.4. The molecule has 0 saturated heterocycles. The molecule has 26 heavy (non-hydrogen) atoms. The van der Waals surface area contributed by atoms with E-state index in [0.717, 1.165) is 43.0 Å². The number of halogens is 2. The van der Waals surface area contributed by atoms with Crippen LogP contribution < -0.4 is 5.32 Å². The second-order valence-electron chi connectivity index (χ2n) is 6.38. The van der Waals surface area contributed by atoms with Crippen LogP contribution in [0.4, 0.5) is 14.5 Å². The lowest BCUT2D eigenvalue weighted by molar-refractivity contribution is -0.152. The SMILES string of the molecule is C[C@@H](OC(=O)Cc1ccc2c(c1)CCC2)C(=O)Nc1cc(F)ccc1F. The average molecular weight is 359 g/mol. The summed E-state index contributed by atoms with van der Waals surface area (Å²) in [6.45, 7) is 1.38. The largest absolute Gasteiger partial charge is 0.452 e. The molecule has 0 fully saturated rings. The van der Waals surface area contributed by atoms with Crippen molar-refractivity contribution >= 4 is 17.6 Å². The molecule has 2 aromatic carbocycles. The number of esters is 1. The van der Waals surface area contributed by atoms with E-state index in [1.165, 1.54) is 18.1 Å². The van der Waals surface area contributed by atoms with Gasteiger partial charge in [0.15, 0.2) is 6.10 Å². The Morgan fingerprint density at radius 1 is 1.12 bits per heavy atom. The lowest BCUT2D eigenvalue weighted by atomic mass is 10.0. The molecule has 0 spiro atoms. The summed E-state index contributed by atoms with van der Waals surface area (Å²) in [4.78, 5) is 24.1. The fourth-order valence-electron chi connectivity index (χ4n) is 3.02. The molecule has 0 unspecified atom stereocenters. The van der Waals surface area contributed by atoms with Crippen molar-refractivity contribution < 1.29 is 23.1 Å². The van der Waals surface area contributed by atoms with E-state index in [2.05, 4.69) is 5.32 Å². The first kappa shape index (κ1) is 18.0. The molecule has 1 amide bonds. The smallest absolute Gasteiger partial charge is 0.311 e.